The summed E-state index contributed by atoms with van der Waals surface area (Å²) in [5.74, 6) is 0.488. The number of nitrogens with zero attached hydrogens (tertiary/aromatic N) is 4. The Kier molecular flexibility index (Phi) is 5.58. The first kappa shape index (κ1) is 20.8. The molecule has 156 valence electrons. The minimum absolute atomic E-state index is 0.260. The number of aromatic nitrogens is 4. The van der Waals surface area contributed by atoms with Gasteiger partial charge in [0.15, 0.2) is 15.7 Å². The van der Waals surface area contributed by atoms with Gasteiger partial charge in [0.25, 0.3) is 0 Å². The highest BCUT2D eigenvalue weighted by atomic mass is 32.2. The highest BCUT2D eigenvalue weighted by Crippen LogP contribution is 2.27. The van der Waals surface area contributed by atoms with Crippen molar-refractivity contribution in [3.63, 3.8) is 0 Å². The zero-order valence-corrected chi connectivity index (χ0v) is 18.0. The van der Waals surface area contributed by atoms with Crippen LogP contribution in [0.3, 0.4) is 0 Å². The molecule has 0 atom stereocenters. The smallest absolute Gasteiger partial charge is 0.178 e. The lowest BCUT2D eigenvalue weighted by atomic mass is 10.0. The van der Waals surface area contributed by atoms with E-state index in [-0.39, 0.29) is 11.4 Å². The van der Waals surface area contributed by atoms with Gasteiger partial charge in [-0.05, 0) is 48.4 Å². The molecule has 31 heavy (non-hydrogen) atoms. The molecule has 0 aliphatic heterocycles. The van der Waals surface area contributed by atoms with Gasteiger partial charge in [0.1, 0.15) is 5.69 Å². The van der Waals surface area contributed by atoms with Crippen LogP contribution in [0.2, 0.25) is 0 Å². The molecule has 0 saturated carbocycles. The van der Waals surface area contributed by atoms with Gasteiger partial charge in [-0.15, -0.1) is 0 Å². The Balaban J connectivity index is 1.79. The van der Waals surface area contributed by atoms with Crippen LogP contribution in [0.1, 0.15) is 11.3 Å². The van der Waals surface area contributed by atoms with Crippen LogP contribution in [0.4, 0.5) is 0 Å². The van der Waals surface area contributed by atoms with Crippen LogP contribution in [0.25, 0.3) is 33.9 Å². The van der Waals surface area contributed by atoms with Gasteiger partial charge >= 0.3 is 0 Å². The highest BCUT2D eigenvalue weighted by molar-refractivity contribution is 7.90. The molecular formula is C23H21N5O2S. The van der Waals surface area contributed by atoms with Gasteiger partial charge in [-0.25, -0.2) is 18.4 Å². The van der Waals surface area contributed by atoms with Gasteiger partial charge < -0.3 is 5.73 Å². The number of sulfone groups is 1. The Morgan fingerprint density at radius 2 is 1.68 bits per heavy atom. The summed E-state index contributed by atoms with van der Waals surface area (Å²) < 4.78 is 23.8. The van der Waals surface area contributed by atoms with Crippen molar-refractivity contribution in [2.75, 3.05) is 6.26 Å². The van der Waals surface area contributed by atoms with Crippen molar-refractivity contribution in [3.8, 4) is 33.9 Å². The lowest BCUT2D eigenvalue weighted by Gasteiger charge is -2.09. The van der Waals surface area contributed by atoms with E-state index in [1.54, 1.807) is 36.8 Å². The van der Waals surface area contributed by atoms with Gasteiger partial charge in [0, 0.05) is 42.5 Å². The van der Waals surface area contributed by atoms with E-state index in [1.165, 1.54) is 6.26 Å². The van der Waals surface area contributed by atoms with E-state index >= 15 is 0 Å². The number of hydrogen-bond donors (Lipinski definition) is 1. The predicted octanol–water partition coefficient (Wildman–Crippen LogP) is 3.44. The lowest BCUT2D eigenvalue weighted by Crippen LogP contribution is -2.04. The molecule has 0 amide bonds. The average molecular weight is 432 g/mol. The molecule has 0 bridgehead atoms. The number of pyridine rings is 2. The zero-order chi connectivity index (χ0) is 22.0. The van der Waals surface area contributed by atoms with E-state index in [1.807, 2.05) is 37.3 Å². The summed E-state index contributed by atoms with van der Waals surface area (Å²) in [6.07, 6.45) is 6.36. The second-order valence-electron chi connectivity index (χ2n) is 7.26. The van der Waals surface area contributed by atoms with Crippen LogP contribution in [-0.2, 0) is 16.4 Å². The van der Waals surface area contributed by atoms with E-state index in [2.05, 4.69) is 19.9 Å². The number of rotatable bonds is 5. The lowest BCUT2D eigenvalue weighted by molar-refractivity contribution is 0.602. The van der Waals surface area contributed by atoms with E-state index < -0.39 is 9.84 Å². The minimum Gasteiger partial charge on any atom is -0.325 e. The minimum atomic E-state index is -3.31. The van der Waals surface area contributed by atoms with Crippen LogP contribution in [0, 0.1) is 6.92 Å². The molecule has 0 unspecified atom stereocenters. The van der Waals surface area contributed by atoms with E-state index in [0.717, 1.165) is 22.3 Å². The maximum Gasteiger partial charge on any atom is 0.178 e. The number of benzene rings is 1. The molecule has 0 saturated heterocycles. The number of hydrogen-bond acceptors (Lipinski definition) is 7. The molecule has 0 aliphatic carbocycles. The molecule has 3 heterocycles. The van der Waals surface area contributed by atoms with Crippen molar-refractivity contribution >= 4 is 9.84 Å². The quantitative estimate of drug-likeness (QED) is 0.515. The molecule has 0 spiro atoms. The van der Waals surface area contributed by atoms with Gasteiger partial charge in [-0.3, -0.25) is 9.97 Å². The van der Waals surface area contributed by atoms with Crippen molar-refractivity contribution in [1.82, 2.24) is 19.9 Å². The first-order chi connectivity index (χ1) is 14.8. The zero-order valence-electron chi connectivity index (χ0n) is 17.1. The van der Waals surface area contributed by atoms with Crippen LogP contribution in [0.15, 0.2) is 72.0 Å². The van der Waals surface area contributed by atoms with E-state index in [0.29, 0.717) is 22.9 Å². The fourth-order valence-electron chi connectivity index (χ4n) is 3.11. The van der Waals surface area contributed by atoms with E-state index in [9.17, 15) is 8.42 Å². The normalized spacial score (nSPS) is 11.5. The first-order valence-electron chi connectivity index (χ1n) is 9.60. The van der Waals surface area contributed by atoms with Gasteiger partial charge in [0.2, 0.25) is 0 Å². The largest absolute Gasteiger partial charge is 0.325 e. The fourth-order valence-corrected chi connectivity index (χ4v) is 3.78. The standard InChI is InChI=1S/C23H21N5O2S/c1-15-6-7-21(26-12-15)23-27-19(11-24)10-22(28-23)18-8-17(13-25-14-18)16-4-3-5-20(9-16)31(2,29)30/h3-10,12-14H,11,24H2,1-2H3. The Hall–Kier alpha value is -3.49. The molecule has 0 fully saturated rings. The van der Waals surface area contributed by atoms with Crippen molar-refractivity contribution < 1.29 is 8.42 Å². The number of nitrogens with two attached hydrogens (primary N) is 1. The van der Waals surface area contributed by atoms with Crippen molar-refractivity contribution in [1.29, 1.82) is 0 Å². The molecule has 0 radical (unpaired) electrons. The summed E-state index contributed by atoms with van der Waals surface area (Å²) >= 11 is 0. The SMILES string of the molecule is Cc1ccc(-c2nc(CN)cc(-c3cncc(-c4cccc(S(C)(=O)=O)c4)c3)n2)nc1. The second-order valence-corrected chi connectivity index (χ2v) is 9.27. The summed E-state index contributed by atoms with van der Waals surface area (Å²) in [6.45, 7) is 2.23. The second kappa shape index (κ2) is 8.33. The average Bonchev–Trinajstić information content (AvgIpc) is 2.79. The maximum absolute atomic E-state index is 11.9. The summed E-state index contributed by atoms with van der Waals surface area (Å²) in [7, 11) is -3.31. The van der Waals surface area contributed by atoms with Crippen LogP contribution in [0.5, 0.6) is 0 Å². The summed E-state index contributed by atoms with van der Waals surface area (Å²) in [5.41, 5.74) is 11.2. The van der Waals surface area contributed by atoms with Gasteiger partial charge in [-0.1, -0.05) is 18.2 Å². The summed E-state index contributed by atoms with van der Waals surface area (Å²) in [5, 5.41) is 0. The van der Waals surface area contributed by atoms with Crippen molar-refractivity contribution in [2.24, 2.45) is 5.73 Å². The van der Waals surface area contributed by atoms with Crippen molar-refractivity contribution in [2.45, 2.75) is 18.4 Å². The molecule has 2 N–H and O–H groups in total. The molecule has 3 aromatic heterocycles. The highest BCUT2D eigenvalue weighted by Gasteiger charge is 2.12. The molecule has 4 aromatic rings. The van der Waals surface area contributed by atoms with Crippen LogP contribution in [-0.4, -0.2) is 34.6 Å². The fraction of sp³-hybridized carbons (Fsp3) is 0.130. The Labute approximate surface area is 181 Å². The van der Waals surface area contributed by atoms with Gasteiger partial charge in [0.05, 0.1) is 16.3 Å². The first-order valence-corrected chi connectivity index (χ1v) is 11.5. The Bertz CT molecular complexity index is 1350. The molecule has 8 heteroatoms. The third kappa shape index (κ3) is 4.65. The van der Waals surface area contributed by atoms with E-state index in [4.69, 9.17) is 5.73 Å². The van der Waals surface area contributed by atoms with Crippen LogP contribution < -0.4 is 5.73 Å². The van der Waals surface area contributed by atoms with Gasteiger partial charge in [-0.2, -0.15) is 0 Å². The third-order valence-corrected chi connectivity index (χ3v) is 5.87. The molecule has 0 aliphatic rings. The third-order valence-electron chi connectivity index (χ3n) is 4.76. The Morgan fingerprint density at radius 1 is 0.871 bits per heavy atom. The van der Waals surface area contributed by atoms with Crippen LogP contribution >= 0.6 is 0 Å². The predicted molar refractivity (Wildman–Crippen MR) is 120 cm³/mol. The van der Waals surface area contributed by atoms with Crippen molar-refractivity contribution in [3.05, 3.63) is 78.4 Å². The maximum atomic E-state index is 11.9. The topological polar surface area (TPSA) is 112 Å². The number of aryl methyl sites for hydroxylation is 1. The Morgan fingerprint density at radius 3 is 2.39 bits per heavy atom. The molecule has 7 nitrogen and oxygen atoms in total. The monoisotopic (exact) mass is 431 g/mol. The summed E-state index contributed by atoms with van der Waals surface area (Å²) in [4.78, 5) is 18.2. The molecule has 1 aromatic carbocycles. The molecule has 4 rings (SSSR count). The summed E-state index contributed by atoms with van der Waals surface area (Å²) in [6, 6.07) is 14.4. The molecular weight excluding hydrogens is 410 g/mol.